The molecule has 8 saturated carbocycles. The molecule has 15 nitrogen and oxygen atoms in total. The smallest absolute Gasteiger partial charge is 0.263 e. The summed E-state index contributed by atoms with van der Waals surface area (Å²) in [5.41, 5.74) is 8.11. The Balaban J connectivity index is 0.000000196. The number of halogens is 1. The van der Waals surface area contributed by atoms with E-state index in [9.17, 15) is 36.0 Å². The molecule has 65 heavy (non-hydrogen) atoms. The standard InChI is InChI=1S/C25H36ClN3O5S.C22H30N2O5S/c1-5-29(6-2)35(32,33)20-11-18(26)7-8-19(20)34-24(3,4)23(31)28-21-16-9-15-10-17(21)14-25(12-15,13-16)22(27)30;1-21(2,29-16-6-4-5-7-17(16)30(3,27)28)20(26)24-18-14-8-13-9-15(18)12-22(10-13,11-14)19(23)25/h7-8,11,15-17,21H,5-6,9-10,12-14H2,1-4H3,(H2,27,30)(H,28,31);4-7,13-15,18H,8-12H2,1-3H3,(H2,23,25)(H,24,26). The molecule has 2 aromatic rings. The third-order valence-corrected chi connectivity index (χ3v) is 18.9. The van der Waals surface area contributed by atoms with Gasteiger partial charge in [0.15, 0.2) is 21.0 Å². The molecule has 358 valence electrons. The molecule has 8 aliphatic rings. The van der Waals surface area contributed by atoms with Crippen molar-refractivity contribution in [1.29, 1.82) is 0 Å². The molecule has 0 aromatic heterocycles. The summed E-state index contributed by atoms with van der Waals surface area (Å²) in [6, 6.07) is 10.7. The predicted octanol–water partition coefficient (Wildman–Crippen LogP) is 5.37. The normalized spacial score (nSPS) is 31.2. The van der Waals surface area contributed by atoms with Crippen LogP contribution < -0.4 is 31.6 Å². The van der Waals surface area contributed by atoms with Gasteiger partial charge in [0.1, 0.15) is 21.3 Å². The van der Waals surface area contributed by atoms with Crippen LogP contribution in [0.3, 0.4) is 0 Å². The van der Waals surface area contributed by atoms with Crippen molar-refractivity contribution in [3.05, 3.63) is 47.5 Å². The van der Waals surface area contributed by atoms with E-state index in [1.54, 1.807) is 65.8 Å². The van der Waals surface area contributed by atoms with Crippen LogP contribution >= 0.6 is 11.6 Å². The van der Waals surface area contributed by atoms with Gasteiger partial charge in [-0.2, -0.15) is 4.31 Å². The fourth-order valence-corrected chi connectivity index (χ4v) is 15.4. The van der Waals surface area contributed by atoms with Gasteiger partial charge < -0.3 is 31.6 Å². The van der Waals surface area contributed by atoms with Crippen molar-refractivity contribution in [2.45, 2.75) is 139 Å². The molecule has 18 heteroatoms. The van der Waals surface area contributed by atoms with Gasteiger partial charge in [0.25, 0.3) is 11.8 Å². The van der Waals surface area contributed by atoms with E-state index in [1.807, 2.05) is 0 Å². The molecule has 2 aromatic carbocycles. The number of ether oxygens (including phenoxy) is 2. The molecule has 8 fully saturated rings. The van der Waals surface area contributed by atoms with Crippen molar-refractivity contribution >= 4 is 55.1 Å². The number of carbonyl (C=O) groups is 4. The summed E-state index contributed by atoms with van der Waals surface area (Å²) >= 11 is 6.13. The molecule has 8 bridgehead atoms. The molecule has 0 heterocycles. The summed E-state index contributed by atoms with van der Waals surface area (Å²) in [4.78, 5) is 50.9. The number of nitrogens with two attached hydrogens (primary N) is 2. The van der Waals surface area contributed by atoms with Gasteiger partial charge in [0, 0.05) is 47.3 Å². The Morgan fingerprint density at radius 2 is 1.08 bits per heavy atom. The third-order valence-electron chi connectivity index (χ3n) is 15.5. The summed E-state index contributed by atoms with van der Waals surface area (Å²) in [6.45, 7) is 10.7. The molecular weight excluding hydrogens is 894 g/mol. The highest BCUT2D eigenvalue weighted by Crippen LogP contribution is 2.61. The van der Waals surface area contributed by atoms with Crippen LogP contribution in [0.2, 0.25) is 5.02 Å². The monoisotopic (exact) mass is 959 g/mol. The number of hydrogen-bond donors (Lipinski definition) is 4. The zero-order chi connectivity index (χ0) is 47.7. The minimum absolute atomic E-state index is 0.00504. The number of para-hydroxylation sites is 1. The van der Waals surface area contributed by atoms with Gasteiger partial charge in [-0.15, -0.1) is 0 Å². The van der Waals surface area contributed by atoms with E-state index in [4.69, 9.17) is 32.5 Å². The second kappa shape index (κ2) is 17.6. The SMILES string of the molecule is CC(C)(Oc1ccccc1S(C)(=O)=O)C(=O)NC1C2CC3CC1CC(C(N)=O)(C3)C2.CCN(CC)S(=O)(=O)c1cc(Cl)ccc1OC(C)(C)C(=O)NC1C2CC3CC1CC(C(N)=O)(C3)C2. The molecule has 4 amide bonds. The molecule has 4 unspecified atom stereocenters. The lowest BCUT2D eigenvalue weighted by Gasteiger charge is -2.59. The number of amides is 4. The topological polar surface area (TPSA) is 234 Å². The molecule has 8 aliphatic carbocycles. The van der Waals surface area contributed by atoms with E-state index in [0.717, 1.165) is 57.6 Å². The average Bonchev–Trinajstić information content (AvgIpc) is 3.20. The van der Waals surface area contributed by atoms with Gasteiger partial charge in [0.2, 0.25) is 21.8 Å². The first-order chi connectivity index (χ1) is 30.2. The van der Waals surface area contributed by atoms with Crippen molar-refractivity contribution in [3.63, 3.8) is 0 Å². The Bertz CT molecular complexity index is 2410. The van der Waals surface area contributed by atoms with Gasteiger partial charge >= 0.3 is 0 Å². The van der Waals surface area contributed by atoms with E-state index < -0.39 is 41.9 Å². The molecule has 4 atom stereocenters. The van der Waals surface area contributed by atoms with Crippen LogP contribution in [0, 0.1) is 46.3 Å². The number of primary amides is 2. The van der Waals surface area contributed by atoms with Crippen LogP contribution in [0.1, 0.15) is 106 Å². The molecule has 10 rings (SSSR count). The van der Waals surface area contributed by atoms with E-state index >= 15 is 0 Å². The maximum atomic E-state index is 13.4. The largest absolute Gasteiger partial charge is 0.477 e. The summed E-state index contributed by atoms with van der Waals surface area (Å²) < 4.78 is 63.9. The quantitative estimate of drug-likeness (QED) is 0.178. The number of sulfonamides is 1. The van der Waals surface area contributed by atoms with Gasteiger partial charge in [-0.25, -0.2) is 16.8 Å². The minimum Gasteiger partial charge on any atom is -0.477 e. The Morgan fingerprint density at radius 1 is 0.677 bits per heavy atom. The highest BCUT2D eigenvalue weighted by Gasteiger charge is 2.60. The summed E-state index contributed by atoms with van der Waals surface area (Å²) in [7, 11) is -7.35. The van der Waals surface area contributed by atoms with Crippen LogP contribution in [-0.2, 0) is 39.0 Å². The minimum atomic E-state index is -3.86. The van der Waals surface area contributed by atoms with Gasteiger partial charge in [-0.05, 0) is 158 Å². The van der Waals surface area contributed by atoms with Crippen molar-refractivity contribution in [2.75, 3.05) is 19.3 Å². The van der Waals surface area contributed by atoms with Crippen molar-refractivity contribution in [2.24, 2.45) is 57.8 Å². The first kappa shape index (κ1) is 49.0. The number of nitrogens with one attached hydrogen (secondary N) is 2. The summed E-state index contributed by atoms with van der Waals surface area (Å²) in [5, 5.41) is 6.63. The fourth-order valence-electron chi connectivity index (χ4n) is 12.7. The van der Waals surface area contributed by atoms with Crippen LogP contribution in [0.4, 0.5) is 0 Å². The van der Waals surface area contributed by atoms with E-state index in [0.29, 0.717) is 37.8 Å². The molecule has 0 aliphatic heterocycles. The highest BCUT2D eigenvalue weighted by atomic mass is 35.5. The zero-order valence-electron chi connectivity index (χ0n) is 38.5. The van der Waals surface area contributed by atoms with E-state index in [1.165, 1.54) is 22.5 Å². The molecule has 0 saturated heterocycles. The Hall–Kier alpha value is -3.93. The Kier molecular flexibility index (Phi) is 13.3. The van der Waals surface area contributed by atoms with Crippen molar-refractivity contribution in [3.8, 4) is 11.5 Å². The van der Waals surface area contributed by atoms with Crippen LogP contribution in [0.5, 0.6) is 11.5 Å². The Morgan fingerprint density at radius 3 is 1.46 bits per heavy atom. The maximum Gasteiger partial charge on any atom is 0.263 e. The predicted molar refractivity (Wildman–Crippen MR) is 245 cm³/mol. The number of sulfone groups is 1. The first-order valence-corrected chi connectivity index (χ1v) is 26.6. The number of carbonyl (C=O) groups excluding carboxylic acids is 4. The molecule has 0 spiro atoms. The maximum absolute atomic E-state index is 13.4. The summed E-state index contributed by atoms with van der Waals surface area (Å²) in [5.74, 6) is 1.14. The molecule has 0 radical (unpaired) electrons. The second-order valence-corrected chi connectivity index (χ2v) is 25.2. The average molecular weight is 961 g/mol. The lowest BCUT2D eigenvalue weighted by Crippen LogP contribution is -2.64. The second-order valence-electron chi connectivity index (χ2n) is 20.9. The third kappa shape index (κ3) is 9.49. The van der Waals surface area contributed by atoms with Crippen LogP contribution in [0.15, 0.2) is 52.3 Å². The van der Waals surface area contributed by atoms with Gasteiger partial charge in [0.05, 0.1) is 0 Å². The first-order valence-electron chi connectivity index (χ1n) is 22.9. The lowest BCUT2D eigenvalue weighted by atomic mass is 9.47. The summed E-state index contributed by atoms with van der Waals surface area (Å²) in [6.07, 6.45) is 9.75. The van der Waals surface area contributed by atoms with Crippen LogP contribution in [0.25, 0.3) is 0 Å². The van der Waals surface area contributed by atoms with E-state index in [-0.39, 0.29) is 85.7 Å². The lowest BCUT2D eigenvalue weighted by molar-refractivity contribution is -0.151. The number of rotatable bonds is 15. The number of nitrogens with zero attached hydrogens (tertiary/aromatic N) is 1. The van der Waals surface area contributed by atoms with Gasteiger partial charge in [-0.1, -0.05) is 37.6 Å². The number of hydrogen-bond acceptors (Lipinski definition) is 10. The van der Waals surface area contributed by atoms with Gasteiger partial charge in [-0.3, -0.25) is 19.2 Å². The van der Waals surface area contributed by atoms with Crippen LogP contribution in [-0.4, -0.2) is 87.4 Å². The number of benzene rings is 2. The molecular formula is C47H66ClN5O10S2. The Labute approximate surface area is 388 Å². The van der Waals surface area contributed by atoms with Crippen molar-refractivity contribution in [1.82, 2.24) is 14.9 Å². The highest BCUT2D eigenvalue weighted by molar-refractivity contribution is 7.90. The fraction of sp³-hybridized carbons (Fsp3) is 0.660. The van der Waals surface area contributed by atoms with Crippen molar-refractivity contribution < 1.29 is 45.5 Å². The zero-order valence-corrected chi connectivity index (χ0v) is 40.9. The van der Waals surface area contributed by atoms with E-state index in [2.05, 4.69) is 10.6 Å². The molecule has 6 N–H and O–H groups in total.